The van der Waals surface area contributed by atoms with Crippen molar-refractivity contribution < 1.29 is 30.8 Å². The third kappa shape index (κ3) is 4.47. The van der Waals surface area contributed by atoms with E-state index in [0.29, 0.717) is 6.07 Å². The van der Waals surface area contributed by atoms with Gasteiger partial charge in [0.1, 0.15) is 5.82 Å². The molecule has 0 aliphatic heterocycles. The number of anilines is 1. The second kappa shape index (κ2) is 6.95. The number of nitrogens with one attached hydrogen (secondary N) is 1. The van der Waals surface area contributed by atoms with Crippen LogP contribution in [0.3, 0.4) is 0 Å². The largest absolute Gasteiger partial charge is 0.417 e. The summed E-state index contributed by atoms with van der Waals surface area (Å²) in [7, 11) is -4.81. The molecule has 0 atom stereocenters. The molecule has 146 valence electrons. The predicted octanol–water partition coefficient (Wildman–Crippen LogP) is 4.87. The number of ketones is 1. The first-order chi connectivity index (χ1) is 12.2. The van der Waals surface area contributed by atoms with Crippen molar-refractivity contribution in [3.05, 3.63) is 59.4 Å². The van der Waals surface area contributed by atoms with Crippen molar-refractivity contribution in [2.24, 2.45) is 5.41 Å². The molecule has 0 fully saturated rings. The van der Waals surface area contributed by atoms with E-state index in [0.717, 1.165) is 24.3 Å². The first-order valence-electron chi connectivity index (χ1n) is 7.77. The van der Waals surface area contributed by atoms with Gasteiger partial charge in [-0.3, -0.25) is 9.52 Å². The molecule has 0 aliphatic carbocycles. The highest BCUT2D eigenvalue weighted by Gasteiger charge is 2.37. The number of benzene rings is 2. The summed E-state index contributed by atoms with van der Waals surface area (Å²) in [6, 6.07) is 6.87. The topological polar surface area (TPSA) is 63.2 Å². The van der Waals surface area contributed by atoms with Crippen LogP contribution < -0.4 is 4.72 Å². The van der Waals surface area contributed by atoms with Crippen LogP contribution in [-0.4, -0.2) is 14.2 Å². The summed E-state index contributed by atoms with van der Waals surface area (Å²) < 4.78 is 80.6. The Kier molecular flexibility index (Phi) is 5.38. The van der Waals surface area contributed by atoms with Crippen LogP contribution in [0.25, 0.3) is 0 Å². The van der Waals surface area contributed by atoms with Crippen molar-refractivity contribution >= 4 is 21.5 Å². The summed E-state index contributed by atoms with van der Waals surface area (Å²) in [4.78, 5) is 11.4. The molecule has 1 N–H and O–H groups in total. The zero-order valence-electron chi connectivity index (χ0n) is 14.7. The standard InChI is InChI=1S/C18H17F4NO3S/c1-17(2,3)16(24)11-7-6-9-13(19)15(11)23-27(25,26)14-10-5-4-8-12(14)18(20,21)22/h4-10,23H,1-3H3. The maximum absolute atomic E-state index is 14.3. The number of carbonyl (C=O) groups excluding carboxylic acids is 1. The van der Waals surface area contributed by atoms with Crippen molar-refractivity contribution in [3.63, 3.8) is 0 Å². The van der Waals surface area contributed by atoms with Crippen molar-refractivity contribution in [1.82, 2.24) is 0 Å². The minimum absolute atomic E-state index is 0.268. The van der Waals surface area contributed by atoms with Crippen LogP contribution in [0, 0.1) is 11.2 Å². The van der Waals surface area contributed by atoms with E-state index in [2.05, 4.69) is 0 Å². The highest BCUT2D eigenvalue weighted by Crippen LogP contribution is 2.36. The molecule has 0 radical (unpaired) electrons. The molecule has 0 amide bonds. The van der Waals surface area contributed by atoms with Gasteiger partial charge in [-0.2, -0.15) is 13.2 Å². The van der Waals surface area contributed by atoms with Gasteiger partial charge in [0.05, 0.1) is 16.1 Å². The number of carbonyl (C=O) groups is 1. The van der Waals surface area contributed by atoms with Gasteiger partial charge >= 0.3 is 6.18 Å². The van der Waals surface area contributed by atoms with Crippen LogP contribution in [0.1, 0.15) is 36.7 Å². The van der Waals surface area contributed by atoms with E-state index in [1.54, 1.807) is 20.8 Å². The maximum atomic E-state index is 14.3. The van der Waals surface area contributed by atoms with Crippen molar-refractivity contribution in [2.45, 2.75) is 31.8 Å². The van der Waals surface area contributed by atoms with Crippen LogP contribution in [-0.2, 0) is 16.2 Å². The molecule has 27 heavy (non-hydrogen) atoms. The number of Topliss-reactive ketones (excluding diaryl/α,β-unsaturated/α-hetero) is 1. The predicted molar refractivity (Wildman–Crippen MR) is 92.4 cm³/mol. The van der Waals surface area contributed by atoms with Gasteiger partial charge in [0, 0.05) is 11.0 Å². The molecular formula is C18H17F4NO3S. The molecule has 0 spiro atoms. The Morgan fingerprint density at radius 3 is 2.11 bits per heavy atom. The average Bonchev–Trinajstić information content (AvgIpc) is 2.54. The number of sulfonamides is 1. The molecule has 9 heteroatoms. The molecule has 0 bridgehead atoms. The van der Waals surface area contributed by atoms with Crippen LogP contribution in [0.5, 0.6) is 0 Å². The number of halogens is 4. The first kappa shape index (κ1) is 20.9. The monoisotopic (exact) mass is 403 g/mol. The van der Waals surface area contributed by atoms with E-state index in [1.165, 1.54) is 12.1 Å². The van der Waals surface area contributed by atoms with Gasteiger partial charge in [0.2, 0.25) is 0 Å². The van der Waals surface area contributed by atoms with E-state index in [1.807, 2.05) is 4.72 Å². The van der Waals surface area contributed by atoms with E-state index in [4.69, 9.17) is 0 Å². The molecule has 0 heterocycles. The minimum atomic E-state index is -4.93. The van der Waals surface area contributed by atoms with Crippen molar-refractivity contribution in [1.29, 1.82) is 0 Å². The lowest BCUT2D eigenvalue weighted by molar-refractivity contribution is -0.139. The SMILES string of the molecule is CC(C)(C)C(=O)c1cccc(F)c1NS(=O)(=O)c1ccccc1C(F)(F)F. The van der Waals surface area contributed by atoms with Gasteiger partial charge in [0.25, 0.3) is 10.0 Å². The van der Waals surface area contributed by atoms with E-state index in [-0.39, 0.29) is 5.56 Å². The van der Waals surface area contributed by atoms with Crippen LogP contribution in [0.15, 0.2) is 47.4 Å². The first-order valence-corrected chi connectivity index (χ1v) is 9.26. The number of alkyl halides is 3. The molecule has 2 rings (SSSR count). The summed E-state index contributed by atoms with van der Waals surface area (Å²) >= 11 is 0. The third-order valence-electron chi connectivity index (χ3n) is 3.66. The summed E-state index contributed by atoms with van der Waals surface area (Å²) in [6.45, 7) is 4.66. The van der Waals surface area contributed by atoms with Gasteiger partial charge in [-0.05, 0) is 24.3 Å². The Labute approximate surface area is 154 Å². The molecule has 2 aromatic rings. The molecule has 2 aromatic carbocycles. The highest BCUT2D eigenvalue weighted by atomic mass is 32.2. The molecular weight excluding hydrogens is 386 g/mol. The quantitative estimate of drug-likeness (QED) is 0.585. The Morgan fingerprint density at radius 2 is 1.56 bits per heavy atom. The minimum Gasteiger partial charge on any atom is -0.294 e. The molecule has 0 saturated heterocycles. The number of hydrogen-bond acceptors (Lipinski definition) is 3. The van der Waals surface area contributed by atoms with Crippen LogP contribution in [0.2, 0.25) is 0 Å². The molecule has 0 unspecified atom stereocenters. The molecule has 0 aliphatic rings. The average molecular weight is 403 g/mol. The van der Waals surface area contributed by atoms with E-state index < -0.39 is 49.4 Å². The van der Waals surface area contributed by atoms with Gasteiger partial charge in [0.15, 0.2) is 5.78 Å². The highest BCUT2D eigenvalue weighted by molar-refractivity contribution is 7.92. The summed E-state index contributed by atoms with van der Waals surface area (Å²) in [5.74, 6) is -1.64. The summed E-state index contributed by atoms with van der Waals surface area (Å²) in [6.07, 6.45) is -4.93. The lowest BCUT2D eigenvalue weighted by Crippen LogP contribution is -2.24. The Balaban J connectivity index is 2.61. The normalized spacial score (nSPS) is 12.7. The van der Waals surface area contributed by atoms with Crippen LogP contribution in [0.4, 0.5) is 23.2 Å². The van der Waals surface area contributed by atoms with Gasteiger partial charge in [-0.15, -0.1) is 0 Å². The van der Waals surface area contributed by atoms with Crippen molar-refractivity contribution in [3.8, 4) is 0 Å². The molecule has 0 aromatic heterocycles. The molecule has 0 saturated carbocycles. The fourth-order valence-electron chi connectivity index (χ4n) is 2.35. The van der Waals surface area contributed by atoms with Gasteiger partial charge < -0.3 is 0 Å². The summed E-state index contributed by atoms with van der Waals surface area (Å²) in [5.41, 5.74) is -3.31. The van der Waals surface area contributed by atoms with E-state index in [9.17, 15) is 30.8 Å². The number of para-hydroxylation sites is 1. The third-order valence-corrected chi connectivity index (χ3v) is 5.07. The zero-order valence-corrected chi connectivity index (χ0v) is 15.5. The Bertz CT molecular complexity index is 977. The van der Waals surface area contributed by atoms with Gasteiger partial charge in [-0.25, -0.2) is 12.8 Å². The zero-order chi connectivity index (χ0) is 20.6. The van der Waals surface area contributed by atoms with E-state index >= 15 is 0 Å². The second-order valence-electron chi connectivity index (χ2n) is 6.84. The number of rotatable bonds is 4. The lowest BCUT2D eigenvalue weighted by atomic mass is 9.86. The van der Waals surface area contributed by atoms with Crippen LogP contribution >= 0.6 is 0 Å². The Hall–Kier alpha value is -2.42. The fraction of sp³-hybridized carbons (Fsp3) is 0.278. The maximum Gasteiger partial charge on any atom is 0.417 e. The second-order valence-corrected chi connectivity index (χ2v) is 8.49. The lowest BCUT2D eigenvalue weighted by Gasteiger charge is -2.20. The number of hydrogen-bond donors (Lipinski definition) is 1. The Morgan fingerprint density at radius 1 is 0.963 bits per heavy atom. The molecule has 4 nitrogen and oxygen atoms in total. The fourth-order valence-corrected chi connectivity index (χ4v) is 3.66. The summed E-state index contributed by atoms with van der Waals surface area (Å²) in [5, 5.41) is 0. The van der Waals surface area contributed by atoms with Gasteiger partial charge in [-0.1, -0.05) is 39.0 Å². The van der Waals surface area contributed by atoms with Crippen molar-refractivity contribution in [2.75, 3.05) is 4.72 Å². The smallest absolute Gasteiger partial charge is 0.294 e.